The summed E-state index contributed by atoms with van der Waals surface area (Å²) in [6, 6.07) is 25.3. The quantitative estimate of drug-likeness (QED) is 0.633. The highest BCUT2D eigenvalue weighted by atomic mass is 16.5. The Morgan fingerprint density at radius 3 is 2.26 bits per heavy atom. The molecule has 0 heterocycles. The van der Waals surface area contributed by atoms with Crippen LogP contribution in [0, 0.1) is 0 Å². The number of anilines is 1. The van der Waals surface area contributed by atoms with Gasteiger partial charge in [-0.15, -0.1) is 0 Å². The summed E-state index contributed by atoms with van der Waals surface area (Å²) in [6.45, 7) is 2.38. The third-order valence-electron chi connectivity index (χ3n) is 4.03. The van der Waals surface area contributed by atoms with E-state index in [0.29, 0.717) is 18.0 Å². The first-order valence-electron chi connectivity index (χ1n) is 9.02. The molecule has 138 valence electrons. The van der Waals surface area contributed by atoms with Gasteiger partial charge >= 0.3 is 0 Å². The maximum Gasteiger partial charge on any atom is 0.262 e. The topological polar surface area (TPSA) is 47.6 Å². The van der Waals surface area contributed by atoms with E-state index in [4.69, 9.17) is 9.47 Å². The van der Waals surface area contributed by atoms with E-state index >= 15 is 0 Å². The van der Waals surface area contributed by atoms with Gasteiger partial charge in [0.05, 0.1) is 12.3 Å². The summed E-state index contributed by atoms with van der Waals surface area (Å²) in [4.78, 5) is 12.3. The average molecular weight is 361 g/mol. The van der Waals surface area contributed by atoms with Gasteiger partial charge in [-0.1, -0.05) is 60.7 Å². The van der Waals surface area contributed by atoms with E-state index < -0.39 is 0 Å². The Hall–Kier alpha value is -3.27. The van der Waals surface area contributed by atoms with Gasteiger partial charge in [-0.3, -0.25) is 4.79 Å². The fourth-order valence-corrected chi connectivity index (χ4v) is 2.79. The zero-order chi connectivity index (χ0) is 18.9. The van der Waals surface area contributed by atoms with Gasteiger partial charge in [0.15, 0.2) is 6.61 Å². The van der Waals surface area contributed by atoms with Crippen LogP contribution >= 0.6 is 0 Å². The molecule has 0 aliphatic rings. The van der Waals surface area contributed by atoms with Crippen LogP contribution in [0.1, 0.15) is 18.1 Å². The molecule has 0 unspecified atom stereocenters. The van der Waals surface area contributed by atoms with Gasteiger partial charge in [-0.05, 0) is 36.2 Å². The maximum absolute atomic E-state index is 12.3. The van der Waals surface area contributed by atoms with Gasteiger partial charge in [0.25, 0.3) is 5.91 Å². The molecule has 4 nitrogen and oxygen atoms in total. The van der Waals surface area contributed by atoms with Crippen LogP contribution in [0.5, 0.6) is 11.5 Å². The number of hydrogen-bond donors (Lipinski definition) is 1. The minimum Gasteiger partial charge on any atom is -0.492 e. The first-order chi connectivity index (χ1) is 13.3. The Morgan fingerprint density at radius 1 is 0.815 bits per heavy atom. The Balaban J connectivity index is 1.63. The van der Waals surface area contributed by atoms with Gasteiger partial charge in [0.1, 0.15) is 11.5 Å². The zero-order valence-electron chi connectivity index (χ0n) is 15.4. The highest BCUT2D eigenvalue weighted by molar-refractivity contribution is 5.93. The Bertz CT molecular complexity index is 878. The summed E-state index contributed by atoms with van der Waals surface area (Å²) in [5, 5.41) is 2.85. The lowest BCUT2D eigenvalue weighted by molar-refractivity contribution is -0.118. The molecular formula is C23H23NO3. The molecule has 0 fully saturated rings. The molecule has 0 aliphatic heterocycles. The monoisotopic (exact) mass is 361 g/mol. The molecule has 0 bridgehead atoms. The number of carbonyl (C=O) groups excluding carboxylic acids is 1. The van der Waals surface area contributed by atoms with Crippen LogP contribution in [0.3, 0.4) is 0 Å². The number of hydrogen-bond acceptors (Lipinski definition) is 3. The minimum absolute atomic E-state index is 0.0632. The highest BCUT2D eigenvalue weighted by Crippen LogP contribution is 2.24. The number of nitrogens with one attached hydrogen (secondary N) is 1. The van der Waals surface area contributed by atoms with Crippen LogP contribution in [0.15, 0.2) is 78.9 Å². The Kier molecular flexibility index (Phi) is 6.47. The second-order valence-corrected chi connectivity index (χ2v) is 6.04. The predicted molar refractivity (Wildman–Crippen MR) is 107 cm³/mol. The third-order valence-corrected chi connectivity index (χ3v) is 4.03. The van der Waals surface area contributed by atoms with Crippen molar-refractivity contribution in [3.8, 4) is 11.5 Å². The van der Waals surface area contributed by atoms with Gasteiger partial charge in [-0.25, -0.2) is 0 Å². The molecule has 0 atom stereocenters. The van der Waals surface area contributed by atoms with E-state index in [1.54, 1.807) is 0 Å². The van der Waals surface area contributed by atoms with E-state index in [1.165, 1.54) is 5.56 Å². The first-order valence-corrected chi connectivity index (χ1v) is 9.02. The van der Waals surface area contributed by atoms with E-state index in [2.05, 4.69) is 17.4 Å². The minimum atomic E-state index is -0.225. The standard InChI is InChI=1S/C23H23NO3/c1-2-26-22-15-9-7-13-20(22)24-23(25)17-27-21-14-8-6-12-19(21)16-18-10-4-3-5-11-18/h3-15H,2,16-17H2,1H3,(H,24,25). The van der Waals surface area contributed by atoms with Gasteiger partial charge in [-0.2, -0.15) is 0 Å². The molecular weight excluding hydrogens is 338 g/mol. The van der Waals surface area contributed by atoms with Crippen LogP contribution < -0.4 is 14.8 Å². The highest BCUT2D eigenvalue weighted by Gasteiger charge is 2.10. The van der Waals surface area contributed by atoms with Crippen molar-refractivity contribution in [3.05, 3.63) is 90.0 Å². The second kappa shape index (κ2) is 9.43. The molecule has 4 heteroatoms. The normalized spacial score (nSPS) is 10.3. The van der Waals surface area contributed by atoms with Gasteiger partial charge in [0, 0.05) is 6.42 Å². The van der Waals surface area contributed by atoms with Crippen LogP contribution in [0.25, 0.3) is 0 Å². The largest absolute Gasteiger partial charge is 0.492 e. The summed E-state index contributed by atoms with van der Waals surface area (Å²) in [5.74, 6) is 1.14. The molecule has 0 aromatic heterocycles. The summed E-state index contributed by atoms with van der Waals surface area (Å²) in [6.07, 6.45) is 0.756. The molecule has 3 aromatic carbocycles. The van der Waals surface area contributed by atoms with E-state index in [-0.39, 0.29) is 12.5 Å². The molecule has 0 saturated carbocycles. The lowest BCUT2D eigenvalue weighted by Gasteiger charge is -2.13. The molecule has 0 saturated heterocycles. The Morgan fingerprint density at radius 2 is 1.48 bits per heavy atom. The van der Waals surface area contributed by atoms with Gasteiger partial charge in [0.2, 0.25) is 0 Å². The van der Waals surface area contributed by atoms with Crippen molar-refractivity contribution in [2.24, 2.45) is 0 Å². The molecule has 3 rings (SSSR count). The molecule has 0 radical (unpaired) electrons. The molecule has 0 aliphatic carbocycles. The third kappa shape index (κ3) is 5.35. The Labute approximate surface area is 159 Å². The summed E-state index contributed by atoms with van der Waals surface area (Å²) < 4.78 is 11.3. The predicted octanol–water partition coefficient (Wildman–Crippen LogP) is 4.69. The maximum atomic E-state index is 12.3. The SMILES string of the molecule is CCOc1ccccc1NC(=O)COc1ccccc1Cc1ccccc1. The van der Waals surface area contributed by atoms with Crippen LogP contribution in [-0.4, -0.2) is 19.1 Å². The van der Waals surface area contributed by atoms with Crippen LogP contribution in [-0.2, 0) is 11.2 Å². The van der Waals surface area contributed by atoms with Crippen molar-refractivity contribution in [2.75, 3.05) is 18.5 Å². The van der Waals surface area contributed by atoms with E-state index in [1.807, 2.05) is 73.7 Å². The van der Waals surface area contributed by atoms with E-state index in [0.717, 1.165) is 17.7 Å². The zero-order valence-corrected chi connectivity index (χ0v) is 15.4. The summed E-state index contributed by atoms with van der Waals surface area (Å²) >= 11 is 0. The van der Waals surface area contributed by atoms with Crippen molar-refractivity contribution in [3.63, 3.8) is 0 Å². The fraction of sp³-hybridized carbons (Fsp3) is 0.174. The number of benzene rings is 3. The van der Waals surface area contributed by atoms with Crippen molar-refractivity contribution in [1.82, 2.24) is 0 Å². The van der Waals surface area contributed by atoms with Crippen LogP contribution in [0.2, 0.25) is 0 Å². The number of amides is 1. The van der Waals surface area contributed by atoms with Crippen molar-refractivity contribution >= 4 is 11.6 Å². The van der Waals surface area contributed by atoms with Crippen molar-refractivity contribution in [2.45, 2.75) is 13.3 Å². The number of ether oxygens (including phenoxy) is 2. The van der Waals surface area contributed by atoms with E-state index in [9.17, 15) is 4.79 Å². The number of para-hydroxylation sites is 3. The number of carbonyl (C=O) groups is 1. The smallest absolute Gasteiger partial charge is 0.262 e. The fourth-order valence-electron chi connectivity index (χ4n) is 2.79. The molecule has 0 spiro atoms. The van der Waals surface area contributed by atoms with Crippen molar-refractivity contribution in [1.29, 1.82) is 0 Å². The molecule has 27 heavy (non-hydrogen) atoms. The molecule has 3 aromatic rings. The lowest BCUT2D eigenvalue weighted by Crippen LogP contribution is -2.21. The average Bonchev–Trinajstić information content (AvgIpc) is 2.70. The molecule has 1 N–H and O–H groups in total. The lowest BCUT2D eigenvalue weighted by atomic mass is 10.0. The van der Waals surface area contributed by atoms with Crippen LogP contribution in [0.4, 0.5) is 5.69 Å². The number of rotatable bonds is 8. The summed E-state index contributed by atoms with van der Waals surface area (Å²) in [5.41, 5.74) is 2.89. The second-order valence-electron chi connectivity index (χ2n) is 6.04. The summed E-state index contributed by atoms with van der Waals surface area (Å²) in [7, 11) is 0. The van der Waals surface area contributed by atoms with Gasteiger partial charge < -0.3 is 14.8 Å². The molecule has 1 amide bonds. The van der Waals surface area contributed by atoms with Crippen molar-refractivity contribution < 1.29 is 14.3 Å². The first kappa shape index (κ1) is 18.5.